The van der Waals surface area contributed by atoms with Crippen LogP contribution >= 0.6 is 12.2 Å². The molecule has 0 rings (SSSR count). The minimum absolute atomic E-state index is 0.155. The zero-order valence-corrected chi connectivity index (χ0v) is 11.7. The monoisotopic (exact) mass is 261 g/mol. The molecule has 0 aromatic heterocycles. The molecule has 0 saturated heterocycles. The predicted molar refractivity (Wildman–Crippen MR) is 73.0 cm³/mol. The third kappa shape index (κ3) is 7.93. The van der Waals surface area contributed by atoms with E-state index in [1.807, 2.05) is 18.7 Å². The first-order chi connectivity index (χ1) is 8.15. The van der Waals surface area contributed by atoms with Crippen LogP contribution in [-0.2, 0) is 9.53 Å². The maximum atomic E-state index is 11.6. The van der Waals surface area contributed by atoms with Crippen molar-refractivity contribution in [2.75, 3.05) is 39.9 Å². The minimum Gasteiger partial charge on any atom is -0.383 e. The van der Waals surface area contributed by atoms with Crippen molar-refractivity contribution in [2.24, 2.45) is 0 Å². The van der Waals surface area contributed by atoms with Gasteiger partial charge in [-0.25, -0.2) is 0 Å². The molecule has 0 fully saturated rings. The van der Waals surface area contributed by atoms with Crippen LogP contribution in [0.4, 0.5) is 0 Å². The van der Waals surface area contributed by atoms with Gasteiger partial charge < -0.3 is 20.3 Å². The molecule has 0 aromatic rings. The summed E-state index contributed by atoms with van der Waals surface area (Å²) in [7, 11) is 1.64. The van der Waals surface area contributed by atoms with Crippen molar-refractivity contribution in [3.05, 3.63) is 0 Å². The highest BCUT2D eigenvalue weighted by Crippen LogP contribution is 1.92. The summed E-state index contributed by atoms with van der Waals surface area (Å²) >= 11 is 5.04. The smallest absolute Gasteiger partial charge is 0.224 e. The molecule has 0 bridgehead atoms. The van der Waals surface area contributed by atoms with Gasteiger partial charge in [-0.15, -0.1) is 0 Å². The molecule has 0 aromatic carbocycles. The highest BCUT2D eigenvalue weighted by atomic mass is 32.1. The Hall–Kier alpha value is -0.880. The number of nitrogens with zero attached hydrogens (tertiary/aromatic N) is 1. The predicted octanol–water partition coefficient (Wildman–Crippen LogP) is 0.355. The van der Waals surface area contributed by atoms with Gasteiger partial charge in [-0.05, 0) is 26.1 Å². The Labute approximate surface area is 109 Å². The van der Waals surface area contributed by atoms with Crippen molar-refractivity contribution in [3.8, 4) is 0 Å². The lowest BCUT2D eigenvalue weighted by Crippen LogP contribution is -2.39. The lowest BCUT2D eigenvalue weighted by Gasteiger charge is -2.18. The fraction of sp³-hybridized carbons (Fsp3) is 0.818. The molecule has 0 radical (unpaired) electrons. The minimum atomic E-state index is 0.155. The highest BCUT2D eigenvalue weighted by Gasteiger charge is 2.08. The zero-order chi connectivity index (χ0) is 13.1. The molecule has 0 heterocycles. The molecule has 6 heteroatoms. The average Bonchev–Trinajstić information content (AvgIpc) is 2.31. The van der Waals surface area contributed by atoms with Crippen LogP contribution in [0.2, 0.25) is 0 Å². The fourth-order valence-corrected chi connectivity index (χ4v) is 1.55. The van der Waals surface area contributed by atoms with Crippen molar-refractivity contribution in [2.45, 2.75) is 20.3 Å². The molecule has 0 saturated carbocycles. The lowest BCUT2D eigenvalue weighted by molar-refractivity contribution is -0.130. The first-order valence-corrected chi connectivity index (χ1v) is 6.34. The van der Waals surface area contributed by atoms with E-state index in [0.717, 1.165) is 13.1 Å². The number of ether oxygens (including phenoxy) is 1. The molecule has 0 spiro atoms. The van der Waals surface area contributed by atoms with Crippen LogP contribution in [0.15, 0.2) is 0 Å². The van der Waals surface area contributed by atoms with Gasteiger partial charge in [0, 0.05) is 39.7 Å². The van der Waals surface area contributed by atoms with E-state index >= 15 is 0 Å². The summed E-state index contributed by atoms with van der Waals surface area (Å²) in [4.78, 5) is 13.5. The maximum absolute atomic E-state index is 11.6. The number of methoxy groups -OCH3 is 1. The van der Waals surface area contributed by atoms with E-state index in [0.29, 0.717) is 31.2 Å². The second-order valence-corrected chi connectivity index (χ2v) is 3.90. The van der Waals surface area contributed by atoms with Crippen LogP contribution in [0.5, 0.6) is 0 Å². The van der Waals surface area contributed by atoms with Crippen LogP contribution in [0.25, 0.3) is 0 Å². The van der Waals surface area contributed by atoms with Crippen LogP contribution in [0, 0.1) is 0 Å². The summed E-state index contributed by atoms with van der Waals surface area (Å²) in [6, 6.07) is 0. The second-order valence-electron chi connectivity index (χ2n) is 3.49. The van der Waals surface area contributed by atoms with E-state index in [-0.39, 0.29) is 5.91 Å². The number of nitrogens with one attached hydrogen (secondary N) is 2. The molecule has 2 N–H and O–H groups in total. The third-order valence-electron chi connectivity index (χ3n) is 2.33. The Balaban J connectivity index is 3.61. The molecule has 100 valence electrons. The van der Waals surface area contributed by atoms with E-state index < -0.39 is 0 Å². The van der Waals surface area contributed by atoms with E-state index in [9.17, 15) is 4.79 Å². The summed E-state index contributed by atoms with van der Waals surface area (Å²) in [5, 5.41) is 6.54. The molecule has 0 aliphatic heterocycles. The first kappa shape index (κ1) is 16.1. The quantitative estimate of drug-likeness (QED) is 0.488. The summed E-state index contributed by atoms with van der Waals surface area (Å²) in [5.74, 6) is 0.155. The van der Waals surface area contributed by atoms with Crippen molar-refractivity contribution in [3.63, 3.8) is 0 Å². The van der Waals surface area contributed by atoms with E-state index in [4.69, 9.17) is 17.0 Å². The Morgan fingerprint density at radius 3 is 2.35 bits per heavy atom. The Bertz CT molecular complexity index is 233. The summed E-state index contributed by atoms with van der Waals surface area (Å²) < 4.78 is 4.88. The molecule has 0 aliphatic carbocycles. The van der Waals surface area contributed by atoms with Crippen molar-refractivity contribution in [1.82, 2.24) is 15.5 Å². The highest BCUT2D eigenvalue weighted by molar-refractivity contribution is 7.80. The molecule has 0 atom stereocenters. The molecule has 5 nitrogen and oxygen atoms in total. The largest absolute Gasteiger partial charge is 0.383 e. The summed E-state index contributed by atoms with van der Waals surface area (Å²) in [6.45, 7) is 7.32. The van der Waals surface area contributed by atoms with Gasteiger partial charge in [0.15, 0.2) is 5.11 Å². The Morgan fingerprint density at radius 2 is 1.82 bits per heavy atom. The first-order valence-electron chi connectivity index (χ1n) is 5.94. The van der Waals surface area contributed by atoms with Crippen molar-refractivity contribution >= 4 is 23.2 Å². The number of hydrogen-bond donors (Lipinski definition) is 2. The zero-order valence-electron chi connectivity index (χ0n) is 10.9. The average molecular weight is 261 g/mol. The lowest BCUT2D eigenvalue weighted by atomic mass is 10.3. The Morgan fingerprint density at radius 1 is 1.24 bits per heavy atom. The third-order valence-corrected chi connectivity index (χ3v) is 2.62. The van der Waals surface area contributed by atoms with Gasteiger partial charge in [0.25, 0.3) is 0 Å². The normalized spacial score (nSPS) is 9.82. The molecule has 17 heavy (non-hydrogen) atoms. The number of carbonyl (C=O) groups excluding carboxylic acids is 1. The molecular weight excluding hydrogens is 238 g/mol. The van der Waals surface area contributed by atoms with Crippen LogP contribution in [-0.4, -0.2) is 55.8 Å². The van der Waals surface area contributed by atoms with Gasteiger partial charge in [-0.3, -0.25) is 4.79 Å². The number of rotatable bonds is 8. The molecule has 0 aliphatic rings. The van der Waals surface area contributed by atoms with Crippen LogP contribution in [0.1, 0.15) is 20.3 Å². The van der Waals surface area contributed by atoms with Crippen molar-refractivity contribution < 1.29 is 9.53 Å². The summed E-state index contributed by atoms with van der Waals surface area (Å²) in [6.07, 6.45) is 0.466. The van der Waals surface area contributed by atoms with Gasteiger partial charge in [0.05, 0.1) is 6.61 Å². The topological polar surface area (TPSA) is 53.6 Å². The number of thiocarbonyl (C=S) groups is 1. The van der Waals surface area contributed by atoms with Crippen LogP contribution < -0.4 is 10.6 Å². The van der Waals surface area contributed by atoms with Crippen molar-refractivity contribution in [1.29, 1.82) is 0 Å². The van der Waals surface area contributed by atoms with Gasteiger partial charge in [0.2, 0.25) is 5.91 Å². The summed E-state index contributed by atoms with van der Waals surface area (Å²) in [5.41, 5.74) is 0. The number of amides is 1. The van der Waals surface area contributed by atoms with Gasteiger partial charge in [-0.2, -0.15) is 0 Å². The molecular formula is C11H23N3O2S. The van der Waals surface area contributed by atoms with Gasteiger partial charge in [-0.1, -0.05) is 0 Å². The maximum Gasteiger partial charge on any atom is 0.224 e. The van der Waals surface area contributed by atoms with Crippen LogP contribution in [0.3, 0.4) is 0 Å². The molecule has 0 unspecified atom stereocenters. The SMILES string of the molecule is CCN(CC)C(=O)CCNC(=S)NCCOC. The second kappa shape index (κ2) is 10.3. The fourth-order valence-electron chi connectivity index (χ4n) is 1.35. The van der Waals surface area contributed by atoms with E-state index in [2.05, 4.69) is 10.6 Å². The van der Waals surface area contributed by atoms with E-state index in [1.54, 1.807) is 7.11 Å². The number of hydrogen-bond acceptors (Lipinski definition) is 3. The van der Waals surface area contributed by atoms with Gasteiger partial charge in [0.1, 0.15) is 0 Å². The molecule has 1 amide bonds. The van der Waals surface area contributed by atoms with E-state index in [1.165, 1.54) is 0 Å². The Kier molecular flexibility index (Phi) is 9.75. The standard InChI is InChI=1S/C11H23N3O2S/c1-4-14(5-2)10(15)6-7-12-11(17)13-8-9-16-3/h4-9H2,1-3H3,(H2,12,13,17). The van der Waals surface area contributed by atoms with Gasteiger partial charge >= 0.3 is 0 Å². The number of carbonyl (C=O) groups is 1.